The molecule has 2 N–H and O–H groups in total. The third kappa shape index (κ3) is 6.14. The van der Waals surface area contributed by atoms with Gasteiger partial charge in [-0.3, -0.25) is 9.89 Å². The molecule has 0 bridgehead atoms. The molecule has 0 radical (unpaired) electrons. The number of halogens is 1. The molecule has 3 rings (SSSR count). The summed E-state index contributed by atoms with van der Waals surface area (Å²) in [6.45, 7) is 8.08. The van der Waals surface area contributed by atoms with Gasteiger partial charge in [-0.1, -0.05) is 6.42 Å². The molecule has 1 fully saturated rings. The van der Waals surface area contributed by atoms with Gasteiger partial charge in [0.15, 0.2) is 17.5 Å². The topological polar surface area (TPSA) is 58.1 Å². The van der Waals surface area contributed by atoms with Gasteiger partial charge < -0.3 is 20.1 Å². The van der Waals surface area contributed by atoms with Crippen LogP contribution in [0.15, 0.2) is 23.2 Å². The first-order chi connectivity index (χ1) is 12.7. The van der Waals surface area contributed by atoms with Crippen molar-refractivity contribution in [2.24, 2.45) is 4.99 Å². The zero-order chi connectivity index (χ0) is 18.4. The number of piperidine rings is 1. The first-order valence-corrected chi connectivity index (χ1v) is 9.80. The molecule has 0 saturated carbocycles. The molecule has 1 aromatic rings. The summed E-state index contributed by atoms with van der Waals surface area (Å²) >= 11 is 0. The molecule has 7 heteroatoms. The smallest absolute Gasteiger partial charge is 0.195 e. The molecule has 1 saturated heterocycles. The highest BCUT2D eigenvalue weighted by Crippen LogP contribution is 2.32. The molecule has 1 aromatic carbocycles. The summed E-state index contributed by atoms with van der Waals surface area (Å²) in [7, 11) is 1.80. The van der Waals surface area contributed by atoms with Gasteiger partial charge in [0.1, 0.15) is 0 Å². The maximum Gasteiger partial charge on any atom is 0.195 e. The number of rotatable bonds is 4. The molecule has 152 valence electrons. The number of likely N-dealkylation sites (tertiary alicyclic amines) is 1. The number of hydrogen-bond donors (Lipinski definition) is 2. The van der Waals surface area contributed by atoms with E-state index in [0.29, 0.717) is 25.3 Å². The van der Waals surface area contributed by atoms with Gasteiger partial charge in [-0.25, -0.2) is 0 Å². The van der Waals surface area contributed by atoms with Crippen molar-refractivity contribution in [2.45, 2.75) is 51.6 Å². The van der Waals surface area contributed by atoms with E-state index in [4.69, 9.17) is 9.47 Å². The maximum absolute atomic E-state index is 5.76. The number of anilines is 1. The van der Waals surface area contributed by atoms with E-state index >= 15 is 0 Å². The molecule has 2 heterocycles. The number of fused-ring (bicyclic) bond motifs is 1. The van der Waals surface area contributed by atoms with Crippen LogP contribution in [-0.2, 0) is 0 Å². The Hall–Kier alpha value is -1.22. The molecule has 2 aliphatic heterocycles. The third-order valence-electron chi connectivity index (χ3n) is 5.22. The number of nitrogens with zero attached hydrogens (tertiary/aromatic N) is 2. The van der Waals surface area contributed by atoms with Crippen LogP contribution in [0.5, 0.6) is 11.5 Å². The van der Waals surface area contributed by atoms with Gasteiger partial charge in [0.05, 0.1) is 13.2 Å². The van der Waals surface area contributed by atoms with Crippen molar-refractivity contribution in [3.8, 4) is 11.5 Å². The molecule has 6 nitrogen and oxygen atoms in total. The monoisotopic (exact) mass is 488 g/mol. The third-order valence-corrected chi connectivity index (χ3v) is 5.22. The van der Waals surface area contributed by atoms with Crippen LogP contribution in [0.3, 0.4) is 0 Å². The lowest BCUT2D eigenvalue weighted by atomic mass is 10.0. The highest BCUT2D eigenvalue weighted by molar-refractivity contribution is 14.0. The number of hydrogen-bond acceptors (Lipinski definition) is 4. The van der Waals surface area contributed by atoms with Gasteiger partial charge >= 0.3 is 0 Å². The predicted octanol–water partition coefficient (Wildman–Crippen LogP) is 3.72. The van der Waals surface area contributed by atoms with Gasteiger partial charge in [-0.15, -0.1) is 24.0 Å². The van der Waals surface area contributed by atoms with Crippen molar-refractivity contribution in [1.82, 2.24) is 10.2 Å². The van der Waals surface area contributed by atoms with E-state index in [2.05, 4.69) is 34.4 Å². The van der Waals surface area contributed by atoms with Crippen LogP contribution < -0.4 is 20.1 Å². The standard InChI is InChI=1S/C20H32N4O2.HI/c1-15-7-4-5-10-24(15)16(2)14-22-20(21-3)23-17-8-9-18-19(13-17)26-12-6-11-25-18;/h8-9,13,15-16H,4-7,10-12,14H2,1-3H3,(H2,21,22,23);1H. The van der Waals surface area contributed by atoms with E-state index in [1.165, 1.54) is 25.8 Å². The summed E-state index contributed by atoms with van der Waals surface area (Å²) in [6.07, 6.45) is 4.87. The van der Waals surface area contributed by atoms with Crippen LogP contribution >= 0.6 is 24.0 Å². The molecule has 27 heavy (non-hydrogen) atoms. The average Bonchev–Trinajstić information content (AvgIpc) is 2.90. The molecule has 0 spiro atoms. The molecule has 0 amide bonds. The second-order valence-corrected chi connectivity index (χ2v) is 7.22. The van der Waals surface area contributed by atoms with Crippen molar-refractivity contribution in [3.05, 3.63) is 18.2 Å². The number of nitrogens with one attached hydrogen (secondary N) is 2. The van der Waals surface area contributed by atoms with E-state index in [0.717, 1.165) is 36.1 Å². The van der Waals surface area contributed by atoms with Gasteiger partial charge in [-0.05, 0) is 45.4 Å². The first-order valence-electron chi connectivity index (χ1n) is 9.80. The van der Waals surface area contributed by atoms with E-state index in [9.17, 15) is 0 Å². The zero-order valence-corrected chi connectivity index (χ0v) is 19.0. The minimum absolute atomic E-state index is 0. The summed E-state index contributed by atoms with van der Waals surface area (Å²) in [5.41, 5.74) is 0.946. The Morgan fingerprint density at radius 2 is 2.00 bits per heavy atom. The minimum atomic E-state index is 0. The highest BCUT2D eigenvalue weighted by atomic mass is 127. The number of ether oxygens (including phenoxy) is 2. The quantitative estimate of drug-likeness (QED) is 0.385. The molecule has 0 aliphatic carbocycles. The van der Waals surface area contributed by atoms with Gasteiger partial charge in [0.25, 0.3) is 0 Å². The Bertz CT molecular complexity index is 626. The number of guanidine groups is 1. The van der Waals surface area contributed by atoms with Crippen molar-refractivity contribution >= 4 is 35.6 Å². The van der Waals surface area contributed by atoms with Crippen LogP contribution in [0.4, 0.5) is 5.69 Å². The lowest BCUT2D eigenvalue weighted by molar-refractivity contribution is 0.116. The van der Waals surface area contributed by atoms with Crippen molar-refractivity contribution in [2.75, 3.05) is 38.7 Å². The number of benzene rings is 1. The summed E-state index contributed by atoms with van der Waals surface area (Å²) in [5.74, 6) is 2.37. The van der Waals surface area contributed by atoms with Crippen molar-refractivity contribution in [1.29, 1.82) is 0 Å². The SMILES string of the molecule is CN=C(NCC(C)N1CCCCC1C)Nc1ccc2c(c1)OCCCO2.I. The van der Waals surface area contributed by atoms with E-state index in [1.807, 2.05) is 18.2 Å². The summed E-state index contributed by atoms with van der Waals surface area (Å²) in [4.78, 5) is 6.95. The molecule has 2 aliphatic rings. The average molecular weight is 488 g/mol. The van der Waals surface area contributed by atoms with Gasteiger partial charge in [0, 0.05) is 43.9 Å². The lowest BCUT2D eigenvalue weighted by Crippen LogP contribution is -2.49. The van der Waals surface area contributed by atoms with Crippen LogP contribution in [0.2, 0.25) is 0 Å². The van der Waals surface area contributed by atoms with Crippen molar-refractivity contribution < 1.29 is 9.47 Å². The van der Waals surface area contributed by atoms with Crippen LogP contribution in [0, 0.1) is 0 Å². The molecule has 0 aromatic heterocycles. The second kappa shape index (κ2) is 10.9. The molecule has 2 atom stereocenters. The minimum Gasteiger partial charge on any atom is -0.490 e. The highest BCUT2D eigenvalue weighted by Gasteiger charge is 2.23. The fraction of sp³-hybridized carbons (Fsp3) is 0.650. The fourth-order valence-electron chi connectivity index (χ4n) is 3.69. The summed E-state index contributed by atoms with van der Waals surface area (Å²) in [5, 5.41) is 6.81. The van der Waals surface area contributed by atoms with Crippen LogP contribution in [-0.4, -0.2) is 56.3 Å². The largest absolute Gasteiger partial charge is 0.490 e. The van der Waals surface area contributed by atoms with Gasteiger partial charge in [0.2, 0.25) is 0 Å². The fourth-order valence-corrected chi connectivity index (χ4v) is 3.69. The predicted molar refractivity (Wildman–Crippen MR) is 122 cm³/mol. The van der Waals surface area contributed by atoms with Crippen molar-refractivity contribution in [3.63, 3.8) is 0 Å². The Balaban J connectivity index is 0.00000261. The van der Waals surface area contributed by atoms with E-state index in [-0.39, 0.29) is 24.0 Å². The number of aliphatic imine (C=N–C) groups is 1. The summed E-state index contributed by atoms with van der Waals surface area (Å²) < 4.78 is 11.4. The Morgan fingerprint density at radius 1 is 1.22 bits per heavy atom. The second-order valence-electron chi connectivity index (χ2n) is 7.22. The normalized spacial score (nSPS) is 21.6. The first kappa shape index (κ1) is 22.1. The Labute approximate surface area is 180 Å². The zero-order valence-electron chi connectivity index (χ0n) is 16.7. The van der Waals surface area contributed by atoms with E-state index < -0.39 is 0 Å². The molecule has 2 unspecified atom stereocenters. The molecular formula is C20H33IN4O2. The van der Waals surface area contributed by atoms with Crippen LogP contribution in [0.1, 0.15) is 39.5 Å². The lowest BCUT2D eigenvalue weighted by Gasteiger charge is -2.38. The van der Waals surface area contributed by atoms with Gasteiger partial charge in [-0.2, -0.15) is 0 Å². The van der Waals surface area contributed by atoms with E-state index in [1.54, 1.807) is 7.05 Å². The molecular weight excluding hydrogens is 455 g/mol. The van der Waals surface area contributed by atoms with Crippen LogP contribution in [0.25, 0.3) is 0 Å². The Kier molecular flexibility index (Phi) is 8.95. The Morgan fingerprint density at radius 3 is 2.74 bits per heavy atom. The summed E-state index contributed by atoms with van der Waals surface area (Å²) in [6, 6.07) is 7.07. The maximum atomic E-state index is 5.76.